The van der Waals surface area contributed by atoms with E-state index in [0.717, 1.165) is 11.3 Å². The van der Waals surface area contributed by atoms with Crippen molar-refractivity contribution in [1.82, 2.24) is 14.5 Å². The van der Waals surface area contributed by atoms with E-state index in [1.807, 2.05) is 12.1 Å². The lowest BCUT2D eigenvalue weighted by Gasteiger charge is -2.14. The van der Waals surface area contributed by atoms with E-state index in [9.17, 15) is 14.4 Å². The Balaban J connectivity index is 1.85. The van der Waals surface area contributed by atoms with Gasteiger partial charge in [-0.3, -0.25) is 23.5 Å². The third-order valence-electron chi connectivity index (χ3n) is 4.40. The summed E-state index contributed by atoms with van der Waals surface area (Å²) in [6.45, 7) is 3.92. The Bertz CT molecular complexity index is 1130. The number of ether oxygens (including phenoxy) is 1. The molecule has 3 aromatic rings. The molecule has 1 amide bonds. The van der Waals surface area contributed by atoms with E-state index in [2.05, 4.69) is 11.9 Å². The fourth-order valence-corrected chi connectivity index (χ4v) is 2.98. The highest BCUT2D eigenvalue weighted by atomic mass is 16.5. The van der Waals surface area contributed by atoms with Crippen molar-refractivity contribution >= 4 is 16.9 Å². The van der Waals surface area contributed by atoms with Gasteiger partial charge in [-0.1, -0.05) is 30.3 Å². The van der Waals surface area contributed by atoms with E-state index in [1.165, 1.54) is 9.13 Å². The zero-order valence-corrected chi connectivity index (χ0v) is 15.6. The summed E-state index contributed by atoms with van der Waals surface area (Å²) >= 11 is 0. The predicted molar refractivity (Wildman–Crippen MR) is 108 cm³/mol. The number of hydrogen-bond acceptors (Lipinski definition) is 4. The minimum absolute atomic E-state index is 0.221. The molecule has 0 spiro atoms. The number of nitrogens with zero attached hydrogens (tertiary/aromatic N) is 2. The van der Waals surface area contributed by atoms with Crippen molar-refractivity contribution in [1.29, 1.82) is 0 Å². The molecule has 0 aliphatic carbocycles. The summed E-state index contributed by atoms with van der Waals surface area (Å²) in [5.74, 6) is 0.372. The first-order chi connectivity index (χ1) is 13.5. The predicted octanol–water partition coefficient (Wildman–Crippen LogP) is 1.67. The number of para-hydroxylation sites is 2. The van der Waals surface area contributed by atoms with Crippen LogP contribution in [-0.2, 0) is 24.4 Å². The lowest BCUT2D eigenvalue weighted by molar-refractivity contribution is -0.121. The summed E-state index contributed by atoms with van der Waals surface area (Å²) in [6, 6.07) is 14.3. The summed E-state index contributed by atoms with van der Waals surface area (Å²) in [6.07, 6.45) is 1.55. The second-order valence-electron chi connectivity index (χ2n) is 6.21. The molecule has 7 nitrogen and oxygen atoms in total. The first-order valence-corrected chi connectivity index (χ1v) is 8.78. The normalized spacial score (nSPS) is 10.6. The van der Waals surface area contributed by atoms with Gasteiger partial charge in [0.1, 0.15) is 12.3 Å². The molecule has 7 heteroatoms. The molecule has 0 radical (unpaired) electrons. The van der Waals surface area contributed by atoms with Gasteiger partial charge in [0.2, 0.25) is 5.91 Å². The molecule has 3 rings (SSSR count). The van der Waals surface area contributed by atoms with Gasteiger partial charge in [-0.05, 0) is 29.8 Å². The van der Waals surface area contributed by atoms with Gasteiger partial charge < -0.3 is 10.1 Å². The molecule has 144 valence electrons. The third-order valence-corrected chi connectivity index (χ3v) is 4.40. The molecule has 0 saturated carbocycles. The maximum atomic E-state index is 12.6. The van der Waals surface area contributed by atoms with Gasteiger partial charge in [0.05, 0.1) is 18.1 Å². The van der Waals surface area contributed by atoms with Crippen LogP contribution in [0.2, 0.25) is 0 Å². The van der Waals surface area contributed by atoms with Gasteiger partial charge in [-0.2, -0.15) is 0 Å². The highest BCUT2D eigenvalue weighted by Gasteiger charge is 2.14. The van der Waals surface area contributed by atoms with Gasteiger partial charge in [0.15, 0.2) is 0 Å². The van der Waals surface area contributed by atoms with Gasteiger partial charge >= 0.3 is 11.1 Å². The van der Waals surface area contributed by atoms with E-state index in [1.54, 1.807) is 49.6 Å². The Labute approximate surface area is 161 Å². The Morgan fingerprint density at radius 3 is 2.25 bits per heavy atom. The van der Waals surface area contributed by atoms with Crippen LogP contribution in [0, 0.1) is 0 Å². The summed E-state index contributed by atoms with van der Waals surface area (Å²) in [7, 11) is 1.59. The van der Waals surface area contributed by atoms with Crippen molar-refractivity contribution in [3.63, 3.8) is 0 Å². The summed E-state index contributed by atoms with van der Waals surface area (Å²) in [5.41, 5.74) is 0.581. The van der Waals surface area contributed by atoms with Crippen molar-refractivity contribution in [2.45, 2.75) is 19.6 Å². The zero-order chi connectivity index (χ0) is 20.1. The second kappa shape index (κ2) is 8.39. The summed E-state index contributed by atoms with van der Waals surface area (Å²) in [5, 5.41) is 2.77. The van der Waals surface area contributed by atoms with Crippen LogP contribution in [0.15, 0.2) is 70.8 Å². The summed E-state index contributed by atoms with van der Waals surface area (Å²) < 4.78 is 7.67. The number of benzene rings is 2. The van der Waals surface area contributed by atoms with Crippen LogP contribution in [-0.4, -0.2) is 22.2 Å². The minimum Gasteiger partial charge on any atom is -0.497 e. The molecule has 0 atom stereocenters. The highest BCUT2D eigenvalue weighted by molar-refractivity contribution is 5.80. The molecular weight excluding hydrogens is 358 g/mol. The molecule has 28 heavy (non-hydrogen) atoms. The maximum absolute atomic E-state index is 12.6. The van der Waals surface area contributed by atoms with E-state index < -0.39 is 11.1 Å². The van der Waals surface area contributed by atoms with E-state index >= 15 is 0 Å². The van der Waals surface area contributed by atoms with Crippen LogP contribution in [0.5, 0.6) is 5.75 Å². The molecule has 0 bridgehead atoms. The standard InChI is InChI=1S/C21H21N3O4/c1-3-12-23-17-6-4-5-7-18(17)24(21(27)20(23)26)14-19(25)22-13-15-8-10-16(28-2)11-9-15/h3-11H,1,12-14H2,2H3,(H,22,25). The van der Waals surface area contributed by atoms with E-state index in [0.29, 0.717) is 17.6 Å². The number of carbonyl (C=O) groups excluding carboxylic acids is 1. The molecule has 0 fully saturated rings. The minimum atomic E-state index is -0.736. The van der Waals surface area contributed by atoms with Gasteiger partial charge in [0, 0.05) is 13.1 Å². The highest BCUT2D eigenvalue weighted by Crippen LogP contribution is 2.12. The van der Waals surface area contributed by atoms with E-state index in [-0.39, 0.29) is 19.0 Å². The van der Waals surface area contributed by atoms with Crippen molar-refractivity contribution in [3.8, 4) is 5.75 Å². The largest absolute Gasteiger partial charge is 0.497 e. The Morgan fingerprint density at radius 2 is 1.64 bits per heavy atom. The molecular formula is C21H21N3O4. The quantitative estimate of drug-likeness (QED) is 0.500. The number of aromatic nitrogens is 2. The number of carbonyl (C=O) groups is 1. The number of allylic oxidation sites excluding steroid dienone is 1. The summed E-state index contributed by atoms with van der Waals surface area (Å²) in [4.78, 5) is 37.4. The number of fused-ring (bicyclic) bond motifs is 1. The van der Waals surface area contributed by atoms with Crippen LogP contribution < -0.4 is 21.2 Å². The number of amides is 1. The molecule has 0 aliphatic heterocycles. The zero-order valence-electron chi connectivity index (χ0n) is 15.6. The smallest absolute Gasteiger partial charge is 0.317 e. The van der Waals surface area contributed by atoms with Crippen LogP contribution in [0.25, 0.3) is 11.0 Å². The van der Waals surface area contributed by atoms with Gasteiger partial charge in [0.25, 0.3) is 0 Å². The van der Waals surface area contributed by atoms with Crippen molar-refractivity contribution < 1.29 is 9.53 Å². The maximum Gasteiger partial charge on any atom is 0.317 e. The van der Waals surface area contributed by atoms with Crippen LogP contribution in [0.4, 0.5) is 0 Å². The average molecular weight is 379 g/mol. The molecule has 2 aromatic carbocycles. The van der Waals surface area contributed by atoms with Crippen molar-refractivity contribution in [2.75, 3.05) is 7.11 Å². The van der Waals surface area contributed by atoms with Crippen molar-refractivity contribution in [3.05, 3.63) is 87.5 Å². The number of rotatable bonds is 7. The SMILES string of the molecule is C=CCn1c(=O)c(=O)n(CC(=O)NCc2ccc(OC)cc2)c2ccccc21. The van der Waals surface area contributed by atoms with Crippen LogP contribution in [0.1, 0.15) is 5.56 Å². The fourth-order valence-electron chi connectivity index (χ4n) is 2.98. The second-order valence-corrected chi connectivity index (χ2v) is 6.21. The molecule has 0 unspecified atom stereocenters. The first-order valence-electron chi connectivity index (χ1n) is 8.78. The lowest BCUT2D eigenvalue weighted by atomic mass is 10.2. The average Bonchev–Trinajstić information content (AvgIpc) is 2.73. The number of methoxy groups -OCH3 is 1. The fraction of sp³-hybridized carbons (Fsp3) is 0.190. The molecule has 0 aliphatic rings. The van der Waals surface area contributed by atoms with E-state index in [4.69, 9.17) is 4.74 Å². The Kier molecular flexibility index (Phi) is 5.74. The Morgan fingerprint density at radius 1 is 1.04 bits per heavy atom. The third kappa shape index (κ3) is 3.88. The molecule has 0 saturated heterocycles. The number of nitrogens with one attached hydrogen (secondary N) is 1. The van der Waals surface area contributed by atoms with Crippen LogP contribution in [0.3, 0.4) is 0 Å². The first kappa shape index (κ1) is 19.2. The number of hydrogen-bond donors (Lipinski definition) is 1. The molecule has 1 heterocycles. The topological polar surface area (TPSA) is 82.3 Å². The monoisotopic (exact) mass is 379 g/mol. The van der Waals surface area contributed by atoms with Gasteiger partial charge in [-0.25, -0.2) is 0 Å². The van der Waals surface area contributed by atoms with Crippen LogP contribution >= 0.6 is 0 Å². The van der Waals surface area contributed by atoms with Gasteiger partial charge in [-0.15, -0.1) is 6.58 Å². The lowest BCUT2D eigenvalue weighted by Crippen LogP contribution is -2.43. The Hall–Kier alpha value is -3.61. The van der Waals surface area contributed by atoms with Crippen molar-refractivity contribution in [2.24, 2.45) is 0 Å². The molecule has 1 N–H and O–H groups in total. The molecule has 1 aromatic heterocycles.